The molecule has 1 heterocycles. The van der Waals surface area contributed by atoms with Gasteiger partial charge < -0.3 is 10.3 Å². The van der Waals surface area contributed by atoms with Crippen molar-refractivity contribution in [2.24, 2.45) is 5.73 Å². The molecule has 0 saturated carbocycles. The fraction of sp³-hybridized carbons (Fsp3) is 0.100. The van der Waals surface area contributed by atoms with Gasteiger partial charge in [-0.3, -0.25) is 0 Å². The second-order valence-corrected chi connectivity index (χ2v) is 8.82. The quantitative estimate of drug-likeness (QED) is 0.276. The Morgan fingerprint density at radius 3 is 1.65 bits per heavy atom. The van der Waals surface area contributed by atoms with E-state index in [4.69, 9.17) is 22.3 Å². The van der Waals surface area contributed by atoms with E-state index >= 15 is 0 Å². The van der Waals surface area contributed by atoms with Gasteiger partial charge in [0, 0.05) is 29.9 Å². The van der Waals surface area contributed by atoms with Gasteiger partial charge >= 0.3 is 0 Å². The Bertz CT molecular complexity index is 1230. The van der Waals surface area contributed by atoms with Crippen molar-refractivity contribution in [2.45, 2.75) is 18.0 Å². The molecule has 34 heavy (non-hydrogen) atoms. The van der Waals surface area contributed by atoms with Crippen molar-refractivity contribution in [1.82, 2.24) is 9.55 Å². The molecule has 5 rings (SSSR count). The SMILES string of the molecule is NC(Cc1nccn1C(c1ccccc1)(c1ccccc1)c1ccccc1)c1ccc(Cl)cc1. The van der Waals surface area contributed by atoms with E-state index in [0.717, 1.165) is 28.1 Å². The molecule has 5 aromatic rings. The smallest absolute Gasteiger partial charge is 0.121 e. The van der Waals surface area contributed by atoms with Gasteiger partial charge in [-0.25, -0.2) is 4.98 Å². The van der Waals surface area contributed by atoms with E-state index in [1.165, 1.54) is 0 Å². The van der Waals surface area contributed by atoms with Crippen molar-refractivity contribution in [3.8, 4) is 0 Å². The van der Waals surface area contributed by atoms with Crippen LogP contribution in [0.3, 0.4) is 0 Å². The summed E-state index contributed by atoms with van der Waals surface area (Å²) in [6.07, 6.45) is 4.52. The monoisotopic (exact) mass is 463 g/mol. The van der Waals surface area contributed by atoms with Gasteiger partial charge in [-0.15, -0.1) is 0 Å². The highest BCUT2D eigenvalue weighted by atomic mass is 35.5. The Morgan fingerprint density at radius 2 is 1.18 bits per heavy atom. The summed E-state index contributed by atoms with van der Waals surface area (Å²) in [6.45, 7) is 0. The van der Waals surface area contributed by atoms with Gasteiger partial charge in [0.25, 0.3) is 0 Å². The van der Waals surface area contributed by atoms with Crippen LogP contribution in [0.2, 0.25) is 5.02 Å². The zero-order valence-electron chi connectivity index (χ0n) is 18.8. The van der Waals surface area contributed by atoms with Crippen LogP contribution >= 0.6 is 11.6 Å². The first-order valence-corrected chi connectivity index (χ1v) is 11.8. The minimum Gasteiger partial charge on any atom is -0.324 e. The molecule has 2 N–H and O–H groups in total. The predicted molar refractivity (Wildman–Crippen MR) is 139 cm³/mol. The lowest BCUT2D eigenvalue weighted by atomic mass is 9.76. The largest absolute Gasteiger partial charge is 0.324 e. The summed E-state index contributed by atoms with van der Waals surface area (Å²) in [4.78, 5) is 4.80. The molecule has 4 aromatic carbocycles. The maximum absolute atomic E-state index is 6.67. The lowest BCUT2D eigenvalue weighted by Crippen LogP contribution is -2.39. The number of aromatic nitrogens is 2. The number of nitrogens with zero attached hydrogens (tertiary/aromatic N) is 2. The molecule has 0 aliphatic rings. The number of hydrogen-bond donors (Lipinski definition) is 1. The first-order chi connectivity index (χ1) is 16.7. The summed E-state index contributed by atoms with van der Waals surface area (Å²) in [5.41, 5.74) is 10.6. The molecule has 4 heteroatoms. The van der Waals surface area contributed by atoms with Crippen LogP contribution in [0.1, 0.15) is 34.1 Å². The Hall–Kier alpha value is -3.66. The van der Waals surface area contributed by atoms with Crippen LogP contribution in [0.5, 0.6) is 0 Å². The van der Waals surface area contributed by atoms with Crippen molar-refractivity contribution in [3.63, 3.8) is 0 Å². The van der Waals surface area contributed by atoms with Gasteiger partial charge in [0.05, 0.1) is 0 Å². The maximum Gasteiger partial charge on any atom is 0.121 e. The molecule has 1 unspecified atom stereocenters. The number of benzene rings is 4. The van der Waals surface area contributed by atoms with Crippen LogP contribution < -0.4 is 5.73 Å². The van der Waals surface area contributed by atoms with Crippen molar-refractivity contribution in [1.29, 1.82) is 0 Å². The third-order valence-corrected chi connectivity index (χ3v) is 6.61. The summed E-state index contributed by atoms with van der Waals surface area (Å²) in [5, 5.41) is 0.702. The number of hydrogen-bond acceptors (Lipinski definition) is 2. The van der Waals surface area contributed by atoms with E-state index in [9.17, 15) is 0 Å². The molecule has 0 aliphatic carbocycles. The molecule has 0 aliphatic heterocycles. The maximum atomic E-state index is 6.67. The van der Waals surface area contributed by atoms with E-state index < -0.39 is 5.54 Å². The molecule has 0 radical (unpaired) electrons. The van der Waals surface area contributed by atoms with Gasteiger partial charge in [-0.05, 0) is 34.4 Å². The summed E-state index contributed by atoms with van der Waals surface area (Å²) in [5.74, 6) is 0.916. The highest BCUT2D eigenvalue weighted by Gasteiger charge is 2.39. The van der Waals surface area contributed by atoms with Gasteiger partial charge in [0.2, 0.25) is 0 Å². The average Bonchev–Trinajstić information content (AvgIpc) is 3.35. The molecule has 0 bridgehead atoms. The highest BCUT2D eigenvalue weighted by Crippen LogP contribution is 2.41. The Balaban J connectivity index is 1.72. The second-order valence-electron chi connectivity index (χ2n) is 8.38. The van der Waals surface area contributed by atoms with Gasteiger partial charge in [0.1, 0.15) is 11.4 Å². The first kappa shape index (κ1) is 22.1. The minimum atomic E-state index is -0.602. The van der Waals surface area contributed by atoms with Crippen LogP contribution in [-0.4, -0.2) is 9.55 Å². The predicted octanol–water partition coefficient (Wildman–Crippen LogP) is 6.62. The Labute approximate surface area is 205 Å². The standard InChI is InChI=1S/C30H26ClN3/c31-27-18-16-23(17-19-27)28(32)22-29-33-20-21-34(29)30(24-10-4-1-5-11-24,25-12-6-2-7-13-25)26-14-8-3-9-15-26/h1-21,28H,22,32H2. The molecular formula is C30H26ClN3. The lowest BCUT2D eigenvalue weighted by molar-refractivity contribution is 0.482. The van der Waals surface area contributed by atoms with Crippen LogP contribution in [0, 0.1) is 0 Å². The fourth-order valence-electron chi connectivity index (χ4n) is 4.77. The Morgan fingerprint density at radius 1 is 0.706 bits per heavy atom. The van der Waals surface area contributed by atoms with Crippen molar-refractivity contribution in [2.75, 3.05) is 0 Å². The number of halogens is 1. The Kier molecular flexibility index (Phi) is 6.31. The van der Waals surface area contributed by atoms with Gasteiger partial charge in [-0.1, -0.05) is 115 Å². The van der Waals surface area contributed by atoms with E-state index in [0.29, 0.717) is 11.4 Å². The molecule has 0 fully saturated rings. The number of nitrogens with two attached hydrogens (primary N) is 1. The average molecular weight is 464 g/mol. The van der Waals surface area contributed by atoms with E-state index in [1.807, 2.05) is 30.5 Å². The summed E-state index contributed by atoms with van der Waals surface area (Å²) in [7, 11) is 0. The fourth-order valence-corrected chi connectivity index (χ4v) is 4.90. The zero-order valence-corrected chi connectivity index (χ0v) is 19.5. The van der Waals surface area contributed by atoms with E-state index in [-0.39, 0.29) is 6.04 Å². The summed E-state index contributed by atoms with van der Waals surface area (Å²) in [6, 6.07) is 39.3. The van der Waals surface area contributed by atoms with Crippen LogP contribution in [-0.2, 0) is 12.0 Å². The highest BCUT2D eigenvalue weighted by molar-refractivity contribution is 6.30. The first-order valence-electron chi connectivity index (χ1n) is 11.4. The molecule has 1 atom stereocenters. The molecular weight excluding hydrogens is 438 g/mol. The molecule has 1 aromatic heterocycles. The second kappa shape index (κ2) is 9.68. The molecule has 168 valence electrons. The lowest BCUT2D eigenvalue weighted by Gasteiger charge is -2.38. The van der Waals surface area contributed by atoms with Crippen LogP contribution in [0.4, 0.5) is 0 Å². The molecule has 0 saturated heterocycles. The van der Waals surface area contributed by atoms with Crippen molar-refractivity contribution in [3.05, 3.63) is 161 Å². The van der Waals surface area contributed by atoms with E-state index in [2.05, 4.69) is 102 Å². The third kappa shape index (κ3) is 4.05. The zero-order chi connectivity index (χ0) is 23.4. The summed E-state index contributed by atoms with van der Waals surface area (Å²) < 4.78 is 2.28. The number of rotatable bonds is 7. The number of imidazole rings is 1. The third-order valence-electron chi connectivity index (χ3n) is 6.35. The van der Waals surface area contributed by atoms with Gasteiger partial charge in [-0.2, -0.15) is 0 Å². The van der Waals surface area contributed by atoms with E-state index in [1.54, 1.807) is 0 Å². The topological polar surface area (TPSA) is 43.8 Å². The van der Waals surface area contributed by atoms with Crippen molar-refractivity contribution >= 4 is 11.6 Å². The molecule has 0 spiro atoms. The van der Waals surface area contributed by atoms with Crippen molar-refractivity contribution < 1.29 is 0 Å². The normalized spacial score (nSPS) is 12.4. The van der Waals surface area contributed by atoms with Crippen LogP contribution in [0.25, 0.3) is 0 Å². The minimum absolute atomic E-state index is 0.210. The molecule has 3 nitrogen and oxygen atoms in total. The molecule has 0 amide bonds. The van der Waals surface area contributed by atoms with Gasteiger partial charge in [0.15, 0.2) is 0 Å². The van der Waals surface area contributed by atoms with Crippen LogP contribution in [0.15, 0.2) is 128 Å². The summed E-state index contributed by atoms with van der Waals surface area (Å²) >= 11 is 6.09.